The Morgan fingerprint density at radius 1 is 1.17 bits per heavy atom. The summed E-state index contributed by atoms with van der Waals surface area (Å²) in [5.41, 5.74) is 0.435. The number of thiophene rings is 1. The Bertz CT molecular complexity index is 736. The van der Waals surface area contributed by atoms with Crippen LogP contribution in [0.4, 0.5) is 0 Å². The second kappa shape index (κ2) is 7.72. The minimum Gasteiger partial charge on any atom is -0.347 e. The first kappa shape index (κ1) is 17.7. The quantitative estimate of drug-likeness (QED) is 0.804. The number of rotatable bonds is 7. The van der Waals surface area contributed by atoms with Gasteiger partial charge in [0, 0.05) is 17.0 Å². The maximum atomic E-state index is 12.1. The highest BCUT2D eigenvalue weighted by Gasteiger charge is 2.15. The van der Waals surface area contributed by atoms with Gasteiger partial charge in [0.25, 0.3) is 5.91 Å². The molecule has 0 aliphatic carbocycles. The van der Waals surface area contributed by atoms with Crippen molar-refractivity contribution in [1.29, 1.82) is 0 Å². The second-order valence-electron chi connectivity index (χ2n) is 5.53. The molecule has 124 valence electrons. The molecule has 0 radical (unpaired) electrons. The number of sulfonamides is 1. The van der Waals surface area contributed by atoms with Crippen molar-refractivity contribution in [1.82, 2.24) is 10.0 Å². The van der Waals surface area contributed by atoms with Gasteiger partial charge in [-0.2, -0.15) is 0 Å². The summed E-state index contributed by atoms with van der Waals surface area (Å²) in [5.74, 6) is 0.00423. The first-order chi connectivity index (χ1) is 10.9. The van der Waals surface area contributed by atoms with Crippen molar-refractivity contribution in [2.24, 2.45) is 5.92 Å². The molecule has 1 aromatic carbocycles. The zero-order valence-electron chi connectivity index (χ0n) is 13.1. The van der Waals surface area contributed by atoms with Gasteiger partial charge in [-0.1, -0.05) is 19.9 Å². The van der Waals surface area contributed by atoms with Gasteiger partial charge in [-0.25, -0.2) is 13.1 Å². The number of hydrogen-bond acceptors (Lipinski definition) is 4. The third kappa shape index (κ3) is 5.16. The lowest BCUT2D eigenvalue weighted by Gasteiger charge is -2.09. The maximum absolute atomic E-state index is 12.1. The zero-order chi connectivity index (χ0) is 16.9. The van der Waals surface area contributed by atoms with Crippen molar-refractivity contribution in [3.63, 3.8) is 0 Å². The van der Waals surface area contributed by atoms with Gasteiger partial charge in [0.2, 0.25) is 10.0 Å². The van der Waals surface area contributed by atoms with Gasteiger partial charge in [-0.05, 0) is 41.6 Å². The summed E-state index contributed by atoms with van der Waals surface area (Å²) in [7, 11) is -3.53. The Hall–Kier alpha value is -1.70. The van der Waals surface area contributed by atoms with Crippen molar-refractivity contribution < 1.29 is 13.2 Å². The third-order valence-electron chi connectivity index (χ3n) is 3.11. The van der Waals surface area contributed by atoms with E-state index >= 15 is 0 Å². The van der Waals surface area contributed by atoms with Crippen LogP contribution in [0.1, 0.15) is 29.1 Å². The predicted molar refractivity (Wildman–Crippen MR) is 92.0 cm³/mol. The van der Waals surface area contributed by atoms with Crippen molar-refractivity contribution in [2.45, 2.75) is 25.3 Å². The predicted octanol–water partition coefficient (Wildman–Crippen LogP) is 2.61. The summed E-state index contributed by atoms with van der Waals surface area (Å²) in [6.07, 6.45) is 0. The summed E-state index contributed by atoms with van der Waals surface area (Å²) in [5, 5.41) is 4.76. The molecule has 2 aromatic rings. The average Bonchev–Trinajstić information content (AvgIpc) is 3.04. The summed E-state index contributed by atoms with van der Waals surface area (Å²) < 4.78 is 26.7. The smallest absolute Gasteiger partial charge is 0.251 e. The van der Waals surface area contributed by atoms with E-state index in [-0.39, 0.29) is 16.7 Å². The molecule has 0 unspecified atom stereocenters. The third-order valence-corrected chi connectivity index (χ3v) is 5.43. The average molecular weight is 352 g/mol. The van der Waals surface area contributed by atoms with Crippen molar-refractivity contribution in [3.05, 3.63) is 52.2 Å². The van der Waals surface area contributed by atoms with Crippen LogP contribution in [0, 0.1) is 5.92 Å². The lowest BCUT2D eigenvalue weighted by atomic mass is 10.2. The molecule has 23 heavy (non-hydrogen) atoms. The molecule has 1 aromatic heterocycles. The Kier molecular flexibility index (Phi) is 5.92. The summed E-state index contributed by atoms with van der Waals surface area (Å²) >= 11 is 1.57. The molecular weight excluding hydrogens is 332 g/mol. The number of hydrogen-bond donors (Lipinski definition) is 2. The second-order valence-corrected chi connectivity index (χ2v) is 8.33. The van der Waals surface area contributed by atoms with Crippen LogP contribution in [0.25, 0.3) is 0 Å². The number of benzene rings is 1. The van der Waals surface area contributed by atoms with E-state index in [0.29, 0.717) is 18.7 Å². The Balaban J connectivity index is 1.99. The maximum Gasteiger partial charge on any atom is 0.251 e. The molecule has 7 heteroatoms. The molecule has 0 fully saturated rings. The summed E-state index contributed by atoms with van der Waals surface area (Å²) in [6.45, 7) is 4.71. The SMILES string of the molecule is CC(C)CNS(=O)(=O)c1ccc(C(=O)NCc2cccs2)cc1. The fraction of sp³-hybridized carbons (Fsp3) is 0.312. The van der Waals surface area contributed by atoms with Crippen LogP contribution in [-0.2, 0) is 16.6 Å². The normalized spacial score (nSPS) is 11.6. The number of nitrogens with one attached hydrogen (secondary N) is 2. The highest BCUT2D eigenvalue weighted by molar-refractivity contribution is 7.89. The van der Waals surface area contributed by atoms with Crippen molar-refractivity contribution in [2.75, 3.05) is 6.54 Å². The van der Waals surface area contributed by atoms with Crippen LogP contribution in [0.3, 0.4) is 0 Å². The molecule has 0 atom stereocenters. The molecule has 1 amide bonds. The van der Waals surface area contributed by atoms with E-state index < -0.39 is 10.0 Å². The van der Waals surface area contributed by atoms with Gasteiger partial charge in [-0.3, -0.25) is 4.79 Å². The number of amides is 1. The van der Waals surface area contributed by atoms with Gasteiger partial charge >= 0.3 is 0 Å². The fourth-order valence-electron chi connectivity index (χ4n) is 1.83. The summed E-state index contributed by atoms with van der Waals surface area (Å²) in [4.78, 5) is 13.3. The Morgan fingerprint density at radius 2 is 1.87 bits per heavy atom. The van der Waals surface area contributed by atoms with E-state index in [0.717, 1.165) is 4.88 Å². The molecule has 0 aliphatic heterocycles. The van der Waals surface area contributed by atoms with Gasteiger partial charge in [0.05, 0.1) is 11.4 Å². The minimum absolute atomic E-state index is 0.160. The monoisotopic (exact) mass is 352 g/mol. The molecule has 0 spiro atoms. The molecule has 0 saturated heterocycles. The van der Waals surface area contributed by atoms with Crippen LogP contribution < -0.4 is 10.0 Å². The van der Waals surface area contributed by atoms with Crippen LogP contribution in [0.5, 0.6) is 0 Å². The van der Waals surface area contributed by atoms with Crippen LogP contribution >= 0.6 is 11.3 Å². The Labute approximate surface area is 140 Å². The van der Waals surface area contributed by atoms with Gasteiger partial charge < -0.3 is 5.32 Å². The first-order valence-electron chi connectivity index (χ1n) is 7.29. The highest BCUT2D eigenvalue weighted by Crippen LogP contribution is 2.12. The highest BCUT2D eigenvalue weighted by atomic mass is 32.2. The van der Waals surface area contributed by atoms with Crippen LogP contribution in [0.15, 0.2) is 46.7 Å². The van der Waals surface area contributed by atoms with Crippen molar-refractivity contribution >= 4 is 27.3 Å². The lowest BCUT2D eigenvalue weighted by molar-refractivity contribution is 0.0951. The van der Waals surface area contributed by atoms with E-state index in [9.17, 15) is 13.2 Å². The summed E-state index contributed by atoms with van der Waals surface area (Å²) in [6, 6.07) is 9.81. The molecule has 0 bridgehead atoms. The topological polar surface area (TPSA) is 75.3 Å². The van der Waals surface area contributed by atoms with E-state index in [1.807, 2.05) is 31.4 Å². The largest absolute Gasteiger partial charge is 0.347 e. The van der Waals surface area contributed by atoms with E-state index in [1.54, 1.807) is 11.3 Å². The minimum atomic E-state index is -3.53. The zero-order valence-corrected chi connectivity index (χ0v) is 14.7. The molecule has 0 aliphatic rings. The standard InChI is InChI=1S/C16H20N2O3S2/c1-12(2)10-18-23(20,21)15-7-5-13(6-8-15)16(19)17-11-14-4-3-9-22-14/h3-9,12,18H,10-11H2,1-2H3,(H,17,19). The molecule has 2 rings (SSSR count). The van der Waals surface area contributed by atoms with Gasteiger partial charge in [-0.15, -0.1) is 11.3 Å². The van der Waals surface area contributed by atoms with Crippen LogP contribution in [0.2, 0.25) is 0 Å². The molecule has 2 N–H and O–H groups in total. The van der Waals surface area contributed by atoms with E-state index in [2.05, 4.69) is 10.0 Å². The number of carbonyl (C=O) groups is 1. The van der Waals surface area contributed by atoms with Crippen molar-refractivity contribution in [3.8, 4) is 0 Å². The lowest BCUT2D eigenvalue weighted by Crippen LogP contribution is -2.27. The van der Waals surface area contributed by atoms with E-state index in [1.165, 1.54) is 24.3 Å². The molecule has 5 nitrogen and oxygen atoms in total. The molecule has 1 heterocycles. The molecular formula is C16H20N2O3S2. The van der Waals surface area contributed by atoms with E-state index in [4.69, 9.17) is 0 Å². The van der Waals surface area contributed by atoms with Crippen LogP contribution in [-0.4, -0.2) is 20.9 Å². The number of carbonyl (C=O) groups excluding carboxylic acids is 1. The first-order valence-corrected chi connectivity index (χ1v) is 9.65. The van der Waals surface area contributed by atoms with Gasteiger partial charge in [0.1, 0.15) is 0 Å². The fourth-order valence-corrected chi connectivity index (χ4v) is 3.69. The molecule has 0 saturated carbocycles. The Morgan fingerprint density at radius 3 is 2.43 bits per heavy atom. The van der Waals surface area contributed by atoms with Gasteiger partial charge in [0.15, 0.2) is 0 Å².